The Bertz CT molecular complexity index is 473. The van der Waals surface area contributed by atoms with E-state index in [1.54, 1.807) is 0 Å². The fourth-order valence-corrected chi connectivity index (χ4v) is 2.21. The van der Waals surface area contributed by atoms with Crippen molar-refractivity contribution in [2.24, 2.45) is 5.92 Å². The van der Waals surface area contributed by atoms with E-state index in [2.05, 4.69) is 10.3 Å². The molecule has 0 aliphatic carbocycles. The summed E-state index contributed by atoms with van der Waals surface area (Å²) in [4.78, 5) is 16.0. The lowest BCUT2D eigenvalue weighted by Gasteiger charge is -2.06. The van der Waals surface area contributed by atoms with Gasteiger partial charge >= 0.3 is 0 Å². The largest absolute Gasteiger partial charge is 0.302 e. The van der Waals surface area contributed by atoms with Gasteiger partial charge in [0.25, 0.3) is 0 Å². The molecule has 3 nitrogen and oxygen atoms in total. The number of carbonyl (C=O) groups is 1. The molecule has 0 aliphatic heterocycles. The maximum atomic E-state index is 11.7. The predicted molar refractivity (Wildman–Crippen MR) is 67.7 cm³/mol. The number of hydrogen-bond acceptors (Lipinski definition) is 3. The van der Waals surface area contributed by atoms with Crippen molar-refractivity contribution in [1.82, 2.24) is 4.98 Å². The first-order chi connectivity index (χ1) is 7.70. The van der Waals surface area contributed by atoms with Crippen LogP contribution in [0.25, 0.3) is 10.2 Å². The number of rotatable bonds is 3. The van der Waals surface area contributed by atoms with Gasteiger partial charge < -0.3 is 5.32 Å². The molecule has 1 N–H and O–H groups in total. The number of para-hydroxylation sites is 1. The second-order valence-electron chi connectivity index (χ2n) is 3.79. The number of nitrogens with one attached hydrogen (secondary N) is 1. The number of nitrogens with zero attached hydrogens (tertiary/aromatic N) is 1. The van der Waals surface area contributed by atoms with Crippen molar-refractivity contribution in [3.63, 3.8) is 0 Å². The Kier molecular flexibility index (Phi) is 3.19. The molecule has 0 radical (unpaired) electrons. The van der Waals surface area contributed by atoms with Gasteiger partial charge in [-0.3, -0.25) is 4.79 Å². The Labute approximate surface area is 98.5 Å². The summed E-state index contributed by atoms with van der Waals surface area (Å²) in [6, 6.07) is 7.87. The van der Waals surface area contributed by atoms with E-state index < -0.39 is 0 Å². The van der Waals surface area contributed by atoms with Crippen LogP contribution in [0.15, 0.2) is 24.3 Å². The van der Waals surface area contributed by atoms with Gasteiger partial charge in [0.2, 0.25) is 5.91 Å². The first-order valence-electron chi connectivity index (χ1n) is 5.37. The Morgan fingerprint density at radius 1 is 1.50 bits per heavy atom. The molecule has 16 heavy (non-hydrogen) atoms. The van der Waals surface area contributed by atoms with Crippen LogP contribution in [0.2, 0.25) is 0 Å². The standard InChI is InChI=1S/C12H14N2OS/c1-3-8(2)11(15)14-12-13-9-6-4-5-7-10(9)16-12/h4-8H,3H2,1-2H3,(H,13,14,15)/t8-/m1/s1. The van der Waals surface area contributed by atoms with Crippen molar-refractivity contribution in [2.45, 2.75) is 20.3 Å². The van der Waals surface area contributed by atoms with Crippen molar-refractivity contribution >= 4 is 32.6 Å². The molecular formula is C12H14N2OS. The minimum absolute atomic E-state index is 0.0343. The maximum Gasteiger partial charge on any atom is 0.228 e. The molecule has 1 amide bonds. The van der Waals surface area contributed by atoms with E-state index in [0.29, 0.717) is 5.13 Å². The highest BCUT2D eigenvalue weighted by Gasteiger charge is 2.12. The number of fused-ring (bicyclic) bond motifs is 1. The van der Waals surface area contributed by atoms with E-state index in [0.717, 1.165) is 16.6 Å². The molecule has 4 heteroatoms. The number of thiazole rings is 1. The number of benzene rings is 1. The number of amides is 1. The summed E-state index contributed by atoms with van der Waals surface area (Å²) in [6.45, 7) is 3.92. The highest BCUT2D eigenvalue weighted by Crippen LogP contribution is 2.25. The lowest BCUT2D eigenvalue weighted by Crippen LogP contribution is -2.19. The Morgan fingerprint density at radius 2 is 2.25 bits per heavy atom. The third kappa shape index (κ3) is 2.22. The van der Waals surface area contributed by atoms with Gasteiger partial charge in [-0.15, -0.1) is 0 Å². The van der Waals surface area contributed by atoms with Crippen molar-refractivity contribution in [1.29, 1.82) is 0 Å². The fourth-order valence-electron chi connectivity index (χ4n) is 1.34. The van der Waals surface area contributed by atoms with Crippen molar-refractivity contribution in [3.8, 4) is 0 Å². The van der Waals surface area contributed by atoms with Crippen LogP contribution in [0.1, 0.15) is 20.3 Å². The molecule has 2 aromatic rings. The molecule has 0 fully saturated rings. The minimum Gasteiger partial charge on any atom is -0.302 e. The number of anilines is 1. The van der Waals surface area contributed by atoms with Gasteiger partial charge in [0, 0.05) is 5.92 Å². The zero-order valence-electron chi connectivity index (χ0n) is 9.36. The molecule has 84 valence electrons. The van der Waals surface area contributed by atoms with Crippen LogP contribution in [0.3, 0.4) is 0 Å². The van der Waals surface area contributed by atoms with Crippen LogP contribution >= 0.6 is 11.3 Å². The van der Waals surface area contributed by atoms with E-state index in [1.165, 1.54) is 11.3 Å². The van der Waals surface area contributed by atoms with Gasteiger partial charge in [0.15, 0.2) is 5.13 Å². The molecule has 0 saturated carbocycles. The van der Waals surface area contributed by atoms with Crippen molar-refractivity contribution in [2.75, 3.05) is 5.32 Å². The molecule has 1 atom stereocenters. The highest BCUT2D eigenvalue weighted by molar-refractivity contribution is 7.22. The lowest BCUT2D eigenvalue weighted by atomic mass is 10.1. The molecule has 1 aromatic carbocycles. The third-order valence-electron chi connectivity index (χ3n) is 2.58. The molecule has 0 saturated heterocycles. The number of hydrogen-bond donors (Lipinski definition) is 1. The summed E-state index contributed by atoms with van der Waals surface area (Å²) in [6.07, 6.45) is 0.844. The molecule has 2 rings (SSSR count). The summed E-state index contributed by atoms with van der Waals surface area (Å²) < 4.78 is 1.10. The van der Waals surface area contributed by atoms with Crippen LogP contribution < -0.4 is 5.32 Å². The van der Waals surface area contributed by atoms with Crippen LogP contribution in [-0.4, -0.2) is 10.9 Å². The average molecular weight is 234 g/mol. The normalized spacial score (nSPS) is 12.6. The molecule has 0 bridgehead atoms. The molecule has 1 aromatic heterocycles. The number of carbonyl (C=O) groups excluding carboxylic acids is 1. The highest BCUT2D eigenvalue weighted by atomic mass is 32.1. The quantitative estimate of drug-likeness (QED) is 0.885. The zero-order valence-corrected chi connectivity index (χ0v) is 10.2. The van der Waals surface area contributed by atoms with Crippen LogP contribution in [0, 0.1) is 5.92 Å². The minimum atomic E-state index is 0.0343. The molecule has 0 aliphatic rings. The maximum absolute atomic E-state index is 11.7. The molecule has 0 unspecified atom stereocenters. The summed E-state index contributed by atoms with van der Waals surface area (Å²) in [5.74, 6) is 0.0774. The molecule has 1 heterocycles. The summed E-state index contributed by atoms with van der Waals surface area (Å²) in [5, 5.41) is 3.54. The predicted octanol–water partition coefficient (Wildman–Crippen LogP) is 3.28. The number of aromatic nitrogens is 1. The van der Waals surface area contributed by atoms with Gasteiger partial charge in [-0.2, -0.15) is 0 Å². The second kappa shape index (κ2) is 4.61. The first-order valence-corrected chi connectivity index (χ1v) is 6.18. The van der Waals surface area contributed by atoms with Crippen molar-refractivity contribution < 1.29 is 4.79 Å². The van der Waals surface area contributed by atoms with E-state index >= 15 is 0 Å². The van der Waals surface area contributed by atoms with E-state index in [-0.39, 0.29) is 11.8 Å². The third-order valence-corrected chi connectivity index (χ3v) is 3.54. The molecule has 0 spiro atoms. The van der Waals surface area contributed by atoms with Crippen molar-refractivity contribution in [3.05, 3.63) is 24.3 Å². The SMILES string of the molecule is CC[C@@H](C)C(=O)Nc1nc2ccccc2s1. The van der Waals surface area contributed by atoms with E-state index in [1.807, 2.05) is 38.1 Å². The van der Waals surface area contributed by atoms with Gasteiger partial charge in [0.05, 0.1) is 10.2 Å². The van der Waals surface area contributed by atoms with Crippen LogP contribution in [0.4, 0.5) is 5.13 Å². The zero-order chi connectivity index (χ0) is 11.5. The summed E-state index contributed by atoms with van der Waals surface area (Å²) >= 11 is 1.51. The van der Waals surface area contributed by atoms with Gasteiger partial charge in [-0.25, -0.2) is 4.98 Å². The smallest absolute Gasteiger partial charge is 0.228 e. The van der Waals surface area contributed by atoms with Crippen LogP contribution in [-0.2, 0) is 4.79 Å². The second-order valence-corrected chi connectivity index (χ2v) is 4.82. The first kappa shape index (κ1) is 11.1. The topological polar surface area (TPSA) is 42.0 Å². The van der Waals surface area contributed by atoms with Crippen LogP contribution in [0.5, 0.6) is 0 Å². The monoisotopic (exact) mass is 234 g/mol. The Hall–Kier alpha value is -1.42. The average Bonchev–Trinajstić information content (AvgIpc) is 2.69. The van der Waals surface area contributed by atoms with E-state index in [9.17, 15) is 4.79 Å². The van der Waals surface area contributed by atoms with Gasteiger partial charge in [-0.1, -0.05) is 37.3 Å². The molecular weight excluding hydrogens is 220 g/mol. The lowest BCUT2D eigenvalue weighted by molar-refractivity contribution is -0.119. The summed E-state index contributed by atoms with van der Waals surface area (Å²) in [5.41, 5.74) is 0.937. The summed E-state index contributed by atoms with van der Waals surface area (Å²) in [7, 11) is 0. The fraction of sp³-hybridized carbons (Fsp3) is 0.333. The Morgan fingerprint density at radius 3 is 2.94 bits per heavy atom. The van der Waals surface area contributed by atoms with Gasteiger partial charge in [0.1, 0.15) is 0 Å². The Balaban J connectivity index is 2.18. The van der Waals surface area contributed by atoms with E-state index in [4.69, 9.17) is 0 Å². The van der Waals surface area contributed by atoms with Gasteiger partial charge in [-0.05, 0) is 18.6 Å².